The lowest BCUT2D eigenvalue weighted by Gasteiger charge is -2.36. The SMILES string of the molecule is CC(=O)N1CCN(C(=O)c2cc3cc(OC4CCN(C(C)C)CC4)c(Br)cc3n2CCO[Si](C)(C)C(C)(C)C)CC1. The molecular formula is C31H49BrN4O4Si. The molecule has 1 aromatic heterocycles. The molecule has 2 saturated heterocycles. The lowest BCUT2D eigenvalue weighted by molar-refractivity contribution is -0.130. The maximum absolute atomic E-state index is 13.9. The molecule has 0 unspecified atom stereocenters. The van der Waals surface area contributed by atoms with E-state index in [-0.39, 0.29) is 23.0 Å². The van der Waals surface area contributed by atoms with Crippen molar-refractivity contribution in [2.45, 2.75) is 91.2 Å². The van der Waals surface area contributed by atoms with Crippen LogP contribution >= 0.6 is 15.9 Å². The van der Waals surface area contributed by atoms with Crippen LogP contribution < -0.4 is 4.74 Å². The molecule has 0 spiro atoms. The largest absolute Gasteiger partial charge is 0.489 e. The number of aromatic nitrogens is 1. The van der Waals surface area contributed by atoms with Crippen LogP contribution in [0.5, 0.6) is 5.75 Å². The van der Waals surface area contributed by atoms with Gasteiger partial charge in [0.05, 0.1) is 16.6 Å². The van der Waals surface area contributed by atoms with E-state index in [1.54, 1.807) is 11.8 Å². The van der Waals surface area contributed by atoms with Crippen molar-refractivity contribution >= 4 is 47.0 Å². The van der Waals surface area contributed by atoms with Gasteiger partial charge < -0.3 is 28.4 Å². The lowest BCUT2D eigenvalue weighted by atomic mass is 10.1. The molecule has 4 rings (SSSR count). The number of halogens is 1. The number of carbonyl (C=O) groups is 2. The van der Waals surface area contributed by atoms with Crippen LogP contribution in [0.15, 0.2) is 22.7 Å². The summed E-state index contributed by atoms with van der Waals surface area (Å²) in [5, 5.41) is 1.10. The zero-order valence-corrected chi connectivity index (χ0v) is 28.8. The van der Waals surface area contributed by atoms with Gasteiger partial charge >= 0.3 is 0 Å². The van der Waals surface area contributed by atoms with Crippen LogP contribution in [0.25, 0.3) is 10.9 Å². The summed E-state index contributed by atoms with van der Waals surface area (Å²) in [5.41, 5.74) is 1.65. The molecule has 0 bridgehead atoms. The molecule has 0 aliphatic carbocycles. The Morgan fingerprint density at radius 2 is 1.61 bits per heavy atom. The van der Waals surface area contributed by atoms with Crippen molar-refractivity contribution in [3.63, 3.8) is 0 Å². The zero-order valence-electron chi connectivity index (χ0n) is 26.3. The monoisotopic (exact) mass is 648 g/mol. The Hall–Kier alpha value is -1.88. The molecule has 2 fully saturated rings. The zero-order chi connectivity index (χ0) is 30.1. The van der Waals surface area contributed by atoms with E-state index < -0.39 is 8.32 Å². The van der Waals surface area contributed by atoms with Crippen molar-refractivity contribution in [1.29, 1.82) is 0 Å². The molecule has 2 aromatic rings. The van der Waals surface area contributed by atoms with Gasteiger partial charge in [-0.2, -0.15) is 0 Å². The van der Waals surface area contributed by atoms with Gasteiger partial charge in [-0.05, 0) is 79.0 Å². The van der Waals surface area contributed by atoms with Crippen molar-refractivity contribution in [3.8, 4) is 5.75 Å². The number of likely N-dealkylation sites (tertiary alicyclic amines) is 1. The summed E-state index contributed by atoms with van der Waals surface area (Å²) < 4.78 is 16.0. The molecule has 3 heterocycles. The average Bonchev–Trinajstić information content (AvgIpc) is 3.25. The molecule has 0 saturated carbocycles. The van der Waals surface area contributed by atoms with E-state index in [0.717, 1.165) is 47.1 Å². The third kappa shape index (κ3) is 7.37. The second-order valence-corrected chi connectivity index (χ2v) is 19.0. The van der Waals surface area contributed by atoms with Crippen LogP contribution in [0.4, 0.5) is 0 Å². The maximum Gasteiger partial charge on any atom is 0.270 e. The van der Waals surface area contributed by atoms with Gasteiger partial charge in [0.25, 0.3) is 5.91 Å². The summed E-state index contributed by atoms with van der Waals surface area (Å²) in [4.78, 5) is 31.9. The van der Waals surface area contributed by atoms with Crippen molar-refractivity contribution in [1.82, 2.24) is 19.3 Å². The van der Waals surface area contributed by atoms with E-state index in [1.807, 2.05) is 11.0 Å². The van der Waals surface area contributed by atoms with Crippen LogP contribution in [0.2, 0.25) is 18.1 Å². The van der Waals surface area contributed by atoms with Crippen molar-refractivity contribution < 1.29 is 18.8 Å². The number of fused-ring (bicyclic) bond motifs is 1. The van der Waals surface area contributed by atoms with Gasteiger partial charge in [-0.3, -0.25) is 9.59 Å². The first-order chi connectivity index (χ1) is 19.2. The Balaban J connectivity index is 1.59. The molecule has 1 aromatic carbocycles. The average molecular weight is 650 g/mol. The van der Waals surface area contributed by atoms with E-state index in [4.69, 9.17) is 9.16 Å². The first-order valence-electron chi connectivity index (χ1n) is 15.1. The van der Waals surface area contributed by atoms with E-state index in [0.29, 0.717) is 51.1 Å². The van der Waals surface area contributed by atoms with E-state index in [1.165, 1.54) is 0 Å². The van der Waals surface area contributed by atoms with Crippen molar-refractivity contribution in [2.75, 3.05) is 45.9 Å². The van der Waals surface area contributed by atoms with Crippen molar-refractivity contribution in [3.05, 3.63) is 28.4 Å². The Labute approximate surface area is 255 Å². The number of piperazine rings is 1. The quantitative estimate of drug-likeness (QED) is 0.330. The summed E-state index contributed by atoms with van der Waals surface area (Å²) in [6.45, 7) is 22.7. The Morgan fingerprint density at radius 3 is 2.17 bits per heavy atom. The third-order valence-electron chi connectivity index (χ3n) is 9.27. The highest BCUT2D eigenvalue weighted by molar-refractivity contribution is 9.10. The van der Waals surface area contributed by atoms with Crippen LogP contribution in [0.3, 0.4) is 0 Å². The minimum Gasteiger partial charge on any atom is -0.489 e. The number of amides is 2. The molecule has 41 heavy (non-hydrogen) atoms. The van der Waals surface area contributed by atoms with E-state index in [2.05, 4.69) is 85.2 Å². The summed E-state index contributed by atoms with van der Waals surface area (Å²) in [6, 6.07) is 6.72. The molecule has 0 radical (unpaired) electrons. The first kappa shape index (κ1) is 32.0. The second kappa shape index (κ2) is 12.8. The third-order valence-corrected chi connectivity index (χ3v) is 14.4. The van der Waals surface area contributed by atoms with Gasteiger partial charge in [-0.15, -0.1) is 0 Å². The number of hydrogen-bond donors (Lipinski definition) is 0. The number of rotatable bonds is 8. The van der Waals surface area contributed by atoms with Crippen LogP contribution in [-0.2, 0) is 15.8 Å². The number of nitrogens with zero attached hydrogens (tertiary/aromatic N) is 4. The summed E-state index contributed by atoms with van der Waals surface area (Å²) in [7, 11) is -1.94. The molecule has 0 N–H and O–H groups in total. The first-order valence-corrected chi connectivity index (χ1v) is 18.8. The molecule has 228 valence electrons. The van der Waals surface area contributed by atoms with Crippen LogP contribution in [-0.4, -0.2) is 97.4 Å². The molecule has 2 aliphatic rings. The van der Waals surface area contributed by atoms with E-state index in [9.17, 15) is 9.59 Å². The smallest absolute Gasteiger partial charge is 0.270 e. The Kier molecular flexibility index (Phi) is 9.98. The van der Waals surface area contributed by atoms with Gasteiger partial charge in [0.1, 0.15) is 17.5 Å². The highest BCUT2D eigenvalue weighted by Crippen LogP contribution is 2.37. The number of piperidine rings is 1. The highest BCUT2D eigenvalue weighted by atomic mass is 79.9. The molecule has 2 amide bonds. The lowest BCUT2D eigenvalue weighted by Crippen LogP contribution is -2.50. The normalized spacial score (nSPS) is 18.0. The summed E-state index contributed by atoms with van der Waals surface area (Å²) >= 11 is 3.78. The topological polar surface area (TPSA) is 67.3 Å². The van der Waals surface area contributed by atoms with Crippen LogP contribution in [0.1, 0.15) is 64.9 Å². The number of carbonyl (C=O) groups excluding carboxylic acids is 2. The summed E-state index contributed by atoms with van der Waals surface area (Å²) in [6.07, 6.45) is 2.19. The molecule has 8 nitrogen and oxygen atoms in total. The standard InChI is InChI=1S/C31H49BrN4O4Si/c1-22(2)33-11-9-25(10-12-33)40-29-20-24-19-28(30(38)35-15-13-34(14-16-35)23(3)37)36(27(24)21-26(29)32)17-18-39-41(7,8)31(4,5)6/h19-22,25H,9-18H2,1-8H3. The minimum atomic E-state index is -1.94. The predicted octanol–water partition coefficient (Wildman–Crippen LogP) is 5.98. The predicted molar refractivity (Wildman–Crippen MR) is 171 cm³/mol. The van der Waals surface area contributed by atoms with Gasteiger partial charge in [0.2, 0.25) is 5.91 Å². The fraction of sp³-hybridized carbons (Fsp3) is 0.677. The number of hydrogen-bond acceptors (Lipinski definition) is 5. The fourth-order valence-electron chi connectivity index (χ4n) is 5.46. The van der Waals surface area contributed by atoms with Gasteiger partial charge in [0.15, 0.2) is 8.32 Å². The molecule has 2 aliphatic heterocycles. The molecule has 0 atom stereocenters. The van der Waals surface area contributed by atoms with Gasteiger partial charge in [-0.1, -0.05) is 20.8 Å². The molecular weight excluding hydrogens is 600 g/mol. The number of ether oxygens (including phenoxy) is 1. The maximum atomic E-state index is 13.9. The minimum absolute atomic E-state index is 0.00335. The highest BCUT2D eigenvalue weighted by Gasteiger charge is 2.37. The fourth-order valence-corrected chi connectivity index (χ4v) is 6.92. The Bertz CT molecular complexity index is 1240. The number of benzene rings is 1. The molecule has 10 heteroatoms. The van der Waals surface area contributed by atoms with E-state index >= 15 is 0 Å². The second-order valence-electron chi connectivity index (χ2n) is 13.4. The van der Waals surface area contributed by atoms with Gasteiger partial charge in [-0.25, -0.2) is 0 Å². The Morgan fingerprint density at radius 1 is 1.00 bits per heavy atom. The summed E-state index contributed by atoms with van der Waals surface area (Å²) in [5.74, 6) is 0.877. The van der Waals surface area contributed by atoms with Crippen molar-refractivity contribution in [2.24, 2.45) is 0 Å². The van der Waals surface area contributed by atoms with Crippen LogP contribution in [0, 0.1) is 0 Å². The van der Waals surface area contributed by atoms with Gasteiger partial charge in [0, 0.05) is 64.2 Å².